The molecule has 0 saturated carbocycles. The van der Waals surface area contributed by atoms with Gasteiger partial charge in [0.25, 0.3) is 0 Å². The highest BCUT2D eigenvalue weighted by Crippen LogP contribution is 2.31. The molecular formula is C13H16F3NO2S. The van der Waals surface area contributed by atoms with Crippen LogP contribution in [0.2, 0.25) is 0 Å². The van der Waals surface area contributed by atoms with Gasteiger partial charge in [-0.1, -0.05) is 6.42 Å². The molecule has 1 aromatic rings. The lowest BCUT2D eigenvalue weighted by Crippen LogP contribution is -2.41. The van der Waals surface area contributed by atoms with E-state index in [0.717, 1.165) is 43.5 Å². The molecule has 1 atom stereocenters. The number of hydrogen-bond donors (Lipinski definition) is 0. The zero-order chi connectivity index (χ0) is 15.0. The van der Waals surface area contributed by atoms with Crippen LogP contribution in [0, 0.1) is 0 Å². The van der Waals surface area contributed by atoms with Crippen molar-refractivity contribution in [1.82, 2.24) is 4.31 Å². The minimum Gasteiger partial charge on any atom is -0.207 e. The third-order valence-electron chi connectivity index (χ3n) is 3.53. The van der Waals surface area contributed by atoms with Crippen LogP contribution < -0.4 is 0 Å². The molecule has 0 aliphatic carbocycles. The van der Waals surface area contributed by atoms with Gasteiger partial charge in [0.05, 0.1) is 10.5 Å². The average molecular weight is 307 g/mol. The van der Waals surface area contributed by atoms with Crippen molar-refractivity contribution in [1.29, 1.82) is 0 Å². The highest BCUT2D eigenvalue weighted by molar-refractivity contribution is 7.89. The number of halogens is 3. The van der Waals surface area contributed by atoms with Crippen LogP contribution in [0.15, 0.2) is 29.2 Å². The Kier molecular flexibility index (Phi) is 4.11. The Bertz CT molecular complexity index is 566. The Hall–Kier alpha value is -1.08. The molecule has 7 heteroatoms. The quantitative estimate of drug-likeness (QED) is 0.841. The summed E-state index contributed by atoms with van der Waals surface area (Å²) in [6.45, 7) is 2.24. The summed E-state index contributed by atoms with van der Waals surface area (Å²) < 4.78 is 63.6. The van der Waals surface area contributed by atoms with Gasteiger partial charge in [-0.15, -0.1) is 0 Å². The third-order valence-corrected chi connectivity index (χ3v) is 5.56. The predicted octanol–water partition coefficient (Wildman–Crippen LogP) is 3.27. The lowest BCUT2D eigenvalue weighted by molar-refractivity contribution is -0.137. The molecule has 0 N–H and O–H groups in total. The molecular weight excluding hydrogens is 291 g/mol. The fraction of sp³-hybridized carbons (Fsp3) is 0.538. The molecule has 0 amide bonds. The molecule has 0 spiro atoms. The largest absolute Gasteiger partial charge is 0.416 e. The lowest BCUT2D eigenvalue weighted by atomic mass is 10.1. The predicted molar refractivity (Wildman–Crippen MR) is 68.6 cm³/mol. The van der Waals surface area contributed by atoms with E-state index in [4.69, 9.17) is 0 Å². The zero-order valence-electron chi connectivity index (χ0n) is 11.0. The molecule has 0 radical (unpaired) electrons. The monoisotopic (exact) mass is 307 g/mol. The van der Waals surface area contributed by atoms with E-state index in [1.165, 1.54) is 4.31 Å². The molecule has 2 rings (SSSR count). The maximum absolute atomic E-state index is 12.5. The summed E-state index contributed by atoms with van der Waals surface area (Å²) in [5.41, 5.74) is -0.844. The highest BCUT2D eigenvalue weighted by Gasteiger charge is 2.33. The molecule has 1 saturated heterocycles. The van der Waals surface area contributed by atoms with E-state index >= 15 is 0 Å². The van der Waals surface area contributed by atoms with Crippen molar-refractivity contribution in [2.24, 2.45) is 0 Å². The Morgan fingerprint density at radius 1 is 1.15 bits per heavy atom. The van der Waals surface area contributed by atoms with Crippen molar-refractivity contribution in [3.63, 3.8) is 0 Å². The van der Waals surface area contributed by atoms with Gasteiger partial charge in [0.2, 0.25) is 10.0 Å². The number of hydrogen-bond acceptors (Lipinski definition) is 2. The first-order valence-electron chi connectivity index (χ1n) is 6.42. The van der Waals surface area contributed by atoms with E-state index in [1.807, 2.05) is 6.92 Å². The molecule has 20 heavy (non-hydrogen) atoms. The summed E-state index contributed by atoms with van der Waals surface area (Å²) >= 11 is 0. The Balaban J connectivity index is 2.30. The van der Waals surface area contributed by atoms with Crippen molar-refractivity contribution in [2.75, 3.05) is 6.54 Å². The number of piperidine rings is 1. The summed E-state index contributed by atoms with van der Waals surface area (Å²) in [6, 6.07) is 3.55. The molecule has 0 aromatic heterocycles. The fourth-order valence-corrected chi connectivity index (χ4v) is 4.08. The highest BCUT2D eigenvalue weighted by atomic mass is 32.2. The van der Waals surface area contributed by atoms with E-state index < -0.39 is 21.8 Å². The van der Waals surface area contributed by atoms with Crippen LogP contribution in [0.4, 0.5) is 13.2 Å². The fourth-order valence-electron chi connectivity index (χ4n) is 2.38. The van der Waals surface area contributed by atoms with E-state index in [0.29, 0.717) is 6.54 Å². The van der Waals surface area contributed by atoms with Gasteiger partial charge in [-0.05, 0) is 44.0 Å². The van der Waals surface area contributed by atoms with Crippen LogP contribution in [-0.4, -0.2) is 25.3 Å². The van der Waals surface area contributed by atoms with Gasteiger partial charge in [0, 0.05) is 12.6 Å². The Morgan fingerprint density at radius 2 is 1.75 bits per heavy atom. The molecule has 1 aromatic carbocycles. The van der Waals surface area contributed by atoms with E-state index in [-0.39, 0.29) is 10.9 Å². The minimum absolute atomic E-state index is 0.0840. The first-order valence-corrected chi connectivity index (χ1v) is 7.86. The van der Waals surface area contributed by atoms with E-state index in [1.54, 1.807) is 0 Å². The van der Waals surface area contributed by atoms with Gasteiger partial charge in [-0.2, -0.15) is 17.5 Å². The van der Waals surface area contributed by atoms with Crippen molar-refractivity contribution < 1.29 is 21.6 Å². The third kappa shape index (κ3) is 2.98. The van der Waals surface area contributed by atoms with E-state index in [9.17, 15) is 21.6 Å². The van der Waals surface area contributed by atoms with Crippen LogP contribution in [0.25, 0.3) is 0 Å². The van der Waals surface area contributed by atoms with Gasteiger partial charge >= 0.3 is 6.18 Å². The summed E-state index contributed by atoms with van der Waals surface area (Å²) in [5.74, 6) is 0. The molecule has 112 valence electrons. The smallest absolute Gasteiger partial charge is 0.207 e. The van der Waals surface area contributed by atoms with Crippen LogP contribution in [0.3, 0.4) is 0 Å². The van der Waals surface area contributed by atoms with Gasteiger partial charge in [-0.3, -0.25) is 0 Å². The van der Waals surface area contributed by atoms with Crippen LogP contribution in [0.1, 0.15) is 31.7 Å². The Labute approximate surface area is 116 Å². The molecule has 3 nitrogen and oxygen atoms in total. The summed E-state index contributed by atoms with van der Waals surface area (Å²) in [6.07, 6.45) is -1.93. The van der Waals surface area contributed by atoms with Crippen molar-refractivity contribution in [2.45, 2.75) is 43.3 Å². The van der Waals surface area contributed by atoms with Crippen LogP contribution in [0.5, 0.6) is 0 Å². The standard InChI is InChI=1S/C13H16F3NO2S/c1-10-4-2-3-9-17(10)20(18,19)12-7-5-11(6-8-12)13(14,15)16/h5-8,10H,2-4,9H2,1H3. The van der Waals surface area contributed by atoms with Crippen LogP contribution >= 0.6 is 0 Å². The van der Waals surface area contributed by atoms with Crippen LogP contribution in [-0.2, 0) is 16.2 Å². The van der Waals surface area contributed by atoms with Crippen molar-refractivity contribution >= 4 is 10.0 Å². The molecule has 1 aliphatic heterocycles. The van der Waals surface area contributed by atoms with Gasteiger partial charge < -0.3 is 0 Å². The van der Waals surface area contributed by atoms with Crippen molar-refractivity contribution in [3.05, 3.63) is 29.8 Å². The SMILES string of the molecule is CC1CCCCN1S(=O)(=O)c1ccc(C(F)(F)F)cc1. The summed E-state index contributed by atoms with van der Waals surface area (Å²) in [4.78, 5) is -0.0840. The second-order valence-electron chi connectivity index (χ2n) is 4.98. The molecule has 0 bridgehead atoms. The normalized spacial score (nSPS) is 21.9. The first-order chi connectivity index (χ1) is 9.23. The number of sulfonamides is 1. The maximum Gasteiger partial charge on any atom is 0.416 e. The number of rotatable bonds is 2. The van der Waals surface area contributed by atoms with Crippen molar-refractivity contribution in [3.8, 4) is 0 Å². The molecule has 1 heterocycles. The summed E-state index contributed by atoms with van der Waals surface area (Å²) in [5, 5.41) is 0. The second kappa shape index (κ2) is 5.37. The second-order valence-corrected chi connectivity index (χ2v) is 6.87. The minimum atomic E-state index is -4.46. The maximum atomic E-state index is 12.5. The molecule has 1 aliphatic rings. The number of alkyl halides is 3. The first kappa shape index (κ1) is 15.3. The zero-order valence-corrected chi connectivity index (χ0v) is 11.8. The van der Waals surface area contributed by atoms with Gasteiger partial charge in [0.1, 0.15) is 0 Å². The Morgan fingerprint density at radius 3 is 2.25 bits per heavy atom. The van der Waals surface area contributed by atoms with Gasteiger partial charge in [0.15, 0.2) is 0 Å². The van der Waals surface area contributed by atoms with Gasteiger partial charge in [-0.25, -0.2) is 8.42 Å². The number of benzene rings is 1. The van der Waals surface area contributed by atoms with E-state index in [2.05, 4.69) is 0 Å². The number of nitrogens with zero attached hydrogens (tertiary/aromatic N) is 1. The lowest BCUT2D eigenvalue weighted by Gasteiger charge is -2.32. The summed E-state index contributed by atoms with van der Waals surface area (Å²) in [7, 11) is -3.71. The molecule has 1 fully saturated rings. The molecule has 1 unspecified atom stereocenters. The topological polar surface area (TPSA) is 37.4 Å². The average Bonchev–Trinajstić information content (AvgIpc) is 2.38.